The summed E-state index contributed by atoms with van der Waals surface area (Å²) in [6.45, 7) is 4.51. The van der Waals surface area contributed by atoms with Crippen molar-refractivity contribution in [2.45, 2.75) is 31.6 Å². The lowest BCUT2D eigenvalue weighted by atomic mass is 10.2. The zero-order chi connectivity index (χ0) is 17.2. The molecule has 6 heteroatoms. The molecule has 0 aliphatic carbocycles. The second-order valence-electron chi connectivity index (χ2n) is 5.84. The summed E-state index contributed by atoms with van der Waals surface area (Å²) in [5.74, 6) is 2.04. The summed E-state index contributed by atoms with van der Waals surface area (Å²) in [5.41, 5.74) is 1.15. The maximum Gasteiger partial charge on any atom is 0.242 e. The van der Waals surface area contributed by atoms with Crippen LogP contribution < -0.4 is 10.6 Å². The average molecular weight is 349 g/mol. The van der Waals surface area contributed by atoms with E-state index in [1.54, 1.807) is 7.05 Å². The topological polar surface area (TPSA) is 56.7 Å². The van der Waals surface area contributed by atoms with Gasteiger partial charge in [0.05, 0.1) is 6.54 Å². The molecule has 1 fully saturated rings. The standard InChI is InChI=1S/C18H28N4OS/c1-3-22(14-15-8-5-4-6-9-15)17(23)13-21-18(19-2)20-12-16-10-7-11-24-16/h4-6,8-9,16H,3,7,10-14H2,1-2H3,(H2,19,20,21). The third kappa shape index (κ3) is 6.07. The van der Waals surface area contributed by atoms with Crippen LogP contribution in [0.15, 0.2) is 35.3 Å². The molecule has 1 heterocycles. The van der Waals surface area contributed by atoms with Gasteiger partial charge >= 0.3 is 0 Å². The minimum atomic E-state index is 0.0829. The molecule has 2 N–H and O–H groups in total. The van der Waals surface area contributed by atoms with Gasteiger partial charge in [0.1, 0.15) is 0 Å². The van der Waals surface area contributed by atoms with Gasteiger partial charge in [-0.3, -0.25) is 9.79 Å². The molecule has 0 aromatic heterocycles. The monoisotopic (exact) mass is 348 g/mol. The first kappa shape index (κ1) is 18.6. The van der Waals surface area contributed by atoms with E-state index >= 15 is 0 Å². The van der Waals surface area contributed by atoms with Gasteiger partial charge in [0.25, 0.3) is 0 Å². The van der Waals surface area contributed by atoms with Crippen molar-refractivity contribution in [1.29, 1.82) is 0 Å². The van der Waals surface area contributed by atoms with E-state index in [1.807, 2.05) is 53.9 Å². The van der Waals surface area contributed by atoms with Gasteiger partial charge in [-0.15, -0.1) is 0 Å². The highest BCUT2D eigenvalue weighted by Crippen LogP contribution is 2.25. The molecule has 1 aromatic rings. The number of nitrogens with zero attached hydrogens (tertiary/aromatic N) is 2. The fraction of sp³-hybridized carbons (Fsp3) is 0.556. The Kier molecular flexibility index (Phi) is 7.95. The third-order valence-corrected chi connectivity index (χ3v) is 5.50. The summed E-state index contributed by atoms with van der Waals surface area (Å²) in [6, 6.07) is 10.1. The van der Waals surface area contributed by atoms with Crippen molar-refractivity contribution < 1.29 is 4.79 Å². The Morgan fingerprint density at radius 2 is 2.12 bits per heavy atom. The second kappa shape index (κ2) is 10.2. The zero-order valence-corrected chi connectivity index (χ0v) is 15.4. The molecule has 1 aliphatic rings. The lowest BCUT2D eigenvalue weighted by Crippen LogP contribution is -2.45. The van der Waals surface area contributed by atoms with E-state index in [9.17, 15) is 4.79 Å². The number of carbonyl (C=O) groups is 1. The SMILES string of the molecule is CCN(Cc1ccccc1)C(=O)CNC(=NC)NCC1CCCS1. The van der Waals surface area contributed by atoms with E-state index in [4.69, 9.17) is 0 Å². The van der Waals surface area contributed by atoms with Crippen LogP contribution in [0.2, 0.25) is 0 Å². The molecule has 1 aliphatic heterocycles. The summed E-state index contributed by atoms with van der Waals surface area (Å²) in [4.78, 5) is 18.5. The smallest absolute Gasteiger partial charge is 0.242 e. The normalized spacial score (nSPS) is 17.6. The number of carbonyl (C=O) groups excluding carboxylic acids is 1. The number of rotatable bonds is 7. The Morgan fingerprint density at radius 1 is 1.33 bits per heavy atom. The summed E-state index contributed by atoms with van der Waals surface area (Å²) < 4.78 is 0. The predicted molar refractivity (Wildman–Crippen MR) is 102 cm³/mol. The average Bonchev–Trinajstić information content (AvgIpc) is 3.14. The van der Waals surface area contributed by atoms with Crippen molar-refractivity contribution in [3.8, 4) is 0 Å². The van der Waals surface area contributed by atoms with Crippen LogP contribution in [0.4, 0.5) is 0 Å². The number of benzene rings is 1. The maximum absolute atomic E-state index is 12.4. The van der Waals surface area contributed by atoms with Crippen molar-refractivity contribution >= 4 is 23.6 Å². The second-order valence-corrected chi connectivity index (χ2v) is 7.24. The molecule has 1 amide bonds. The Hall–Kier alpha value is -1.69. The molecule has 5 nitrogen and oxygen atoms in total. The van der Waals surface area contributed by atoms with Gasteiger partial charge in [-0.25, -0.2) is 0 Å². The quantitative estimate of drug-likeness (QED) is 0.585. The number of aliphatic imine (C=N–C) groups is 1. The van der Waals surface area contributed by atoms with Crippen molar-refractivity contribution in [3.63, 3.8) is 0 Å². The van der Waals surface area contributed by atoms with Gasteiger partial charge in [0.2, 0.25) is 5.91 Å². The van der Waals surface area contributed by atoms with Crippen LogP contribution in [0, 0.1) is 0 Å². The number of amides is 1. The molecule has 2 rings (SSSR count). The number of thioether (sulfide) groups is 1. The minimum Gasteiger partial charge on any atom is -0.355 e. The van der Waals surface area contributed by atoms with E-state index in [2.05, 4.69) is 15.6 Å². The fourth-order valence-corrected chi connectivity index (χ4v) is 3.89. The van der Waals surface area contributed by atoms with Crippen molar-refractivity contribution in [1.82, 2.24) is 15.5 Å². The van der Waals surface area contributed by atoms with Crippen molar-refractivity contribution in [2.24, 2.45) is 4.99 Å². The Labute approximate surface area is 149 Å². The van der Waals surface area contributed by atoms with Gasteiger partial charge in [0, 0.05) is 31.9 Å². The lowest BCUT2D eigenvalue weighted by Gasteiger charge is -2.22. The molecule has 0 radical (unpaired) electrons. The van der Waals surface area contributed by atoms with E-state index in [0.717, 1.165) is 12.1 Å². The van der Waals surface area contributed by atoms with Crippen LogP contribution >= 0.6 is 11.8 Å². The number of guanidine groups is 1. The van der Waals surface area contributed by atoms with E-state index in [1.165, 1.54) is 18.6 Å². The number of hydrogen-bond donors (Lipinski definition) is 2. The molecule has 24 heavy (non-hydrogen) atoms. The molecule has 0 bridgehead atoms. The Bertz CT molecular complexity index is 529. The summed E-state index contributed by atoms with van der Waals surface area (Å²) in [7, 11) is 1.74. The van der Waals surface area contributed by atoms with Crippen LogP contribution in [0.1, 0.15) is 25.3 Å². The van der Waals surface area contributed by atoms with E-state index < -0.39 is 0 Å². The first-order chi connectivity index (χ1) is 11.7. The molecular formula is C18H28N4OS. The molecule has 1 atom stereocenters. The molecule has 1 unspecified atom stereocenters. The number of hydrogen-bond acceptors (Lipinski definition) is 3. The molecule has 1 aromatic carbocycles. The van der Waals surface area contributed by atoms with E-state index in [-0.39, 0.29) is 12.5 Å². The maximum atomic E-state index is 12.4. The summed E-state index contributed by atoms with van der Waals surface area (Å²) in [5, 5.41) is 7.11. The van der Waals surface area contributed by atoms with Crippen LogP contribution in [-0.2, 0) is 11.3 Å². The largest absolute Gasteiger partial charge is 0.355 e. The lowest BCUT2D eigenvalue weighted by molar-refractivity contribution is -0.130. The fourth-order valence-electron chi connectivity index (χ4n) is 2.69. The number of likely N-dealkylation sites (N-methyl/N-ethyl adjacent to an activating group) is 1. The Balaban J connectivity index is 1.76. The molecule has 0 saturated carbocycles. The van der Waals surface area contributed by atoms with Crippen LogP contribution in [0.25, 0.3) is 0 Å². The number of nitrogens with one attached hydrogen (secondary N) is 2. The Morgan fingerprint density at radius 3 is 2.75 bits per heavy atom. The molecule has 1 saturated heterocycles. The highest BCUT2D eigenvalue weighted by molar-refractivity contribution is 8.00. The molecular weight excluding hydrogens is 320 g/mol. The van der Waals surface area contributed by atoms with Crippen LogP contribution in [0.5, 0.6) is 0 Å². The van der Waals surface area contributed by atoms with Crippen molar-refractivity contribution in [3.05, 3.63) is 35.9 Å². The molecule has 132 valence electrons. The first-order valence-corrected chi connectivity index (χ1v) is 9.65. The highest BCUT2D eigenvalue weighted by Gasteiger charge is 2.16. The highest BCUT2D eigenvalue weighted by atomic mass is 32.2. The first-order valence-electron chi connectivity index (χ1n) is 8.60. The summed E-state index contributed by atoms with van der Waals surface area (Å²) in [6.07, 6.45) is 2.56. The van der Waals surface area contributed by atoms with Gasteiger partial charge < -0.3 is 15.5 Å². The van der Waals surface area contributed by atoms with Gasteiger partial charge in [-0.2, -0.15) is 11.8 Å². The van der Waals surface area contributed by atoms with Crippen LogP contribution in [-0.4, -0.2) is 54.5 Å². The zero-order valence-electron chi connectivity index (χ0n) is 14.6. The van der Waals surface area contributed by atoms with Gasteiger partial charge in [0.15, 0.2) is 5.96 Å². The summed E-state index contributed by atoms with van der Waals surface area (Å²) >= 11 is 2.01. The third-order valence-electron chi connectivity index (χ3n) is 4.10. The predicted octanol–water partition coefficient (Wildman–Crippen LogP) is 2.10. The minimum absolute atomic E-state index is 0.0829. The van der Waals surface area contributed by atoms with Gasteiger partial charge in [-0.1, -0.05) is 30.3 Å². The molecule has 0 spiro atoms. The van der Waals surface area contributed by atoms with E-state index in [0.29, 0.717) is 24.3 Å². The van der Waals surface area contributed by atoms with Crippen molar-refractivity contribution in [2.75, 3.05) is 32.4 Å². The van der Waals surface area contributed by atoms with Gasteiger partial charge in [-0.05, 0) is 31.1 Å². The van der Waals surface area contributed by atoms with Crippen LogP contribution in [0.3, 0.4) is 0 Å².